The molecule has 0 amide bonds. The Kier molecular flexibility index (Phi) is 3.20. The molecule has 0 radical (unpaired) electrons. The van der Waals surface area contributed by atoms with E-state index in [0.717, 1.165) is 4.31 Å². The molecule has 0 aliphatic carbocycles. The van der Waals surface area contributed by atoms with Gasteiger partial charge in [-0.1, -0.05) is 0 Å². The molecule has 1 heterocycles. The van der Waals surface area contributed by atoms with Gasteiger partial charge in [0.05, 0.1) is 11.5 Å². The van der Waals surface area contributed by atoms with Gasteiger partial charge in [0.2, 0.25) is 0 Å². The predicted molar refractivity (Wildman–Crippen MR) is 52.8 cm³/mol. The first-order chi connectivity index (χ1) is 6.23. The lowest BCUT2D eigenvalue weighted by molar-refractivity contribution is 0.492. The minimum absolute atomic E-state index is 0.0631. The van der Waals surface area contributed by atoms with Gasteiger partial charge in [-0.05, 0) is 6.42 Å². The Bertz CT molecular complexity index is 398. The largest absolute Gasteiger partial charge is 0.279 e. The molecule has 1 unspecified atom stereocenters. The summed E-state index contributed by atoms with van der Waals surface area (Å²) in [5, 5.41) is 0. The number of nitrogens with one attached hydrogen (secondary N) is 1. The molecule has 0 aromatic heterocycles. The first-order valence-electron chi connectivity index (χ1n) is 4.13. The van der Waals surface area contributed by atoms with Crippen molar-refractivity contribution < 1.29 is 16.8 Å². The lowest BCUT2D eigenvalue weighted by Crippen LogP contribution is -2.42. The highest BCUT2D eigenvalue weighted by Gasteiger charge is 2.31. The van der Waals surface area contributed by atoms with Crippen LogP contribution in [0.2, 0.25) is 0 Å². The van der Waals surface area contributed by atoms with Gasteiger partial charge in [-0.25, -0.2) is 8.42 Å². The quantitative estimate of drug-likeness (QED) is 0.657. The highest BCUT2D eigenvalue weighted by atomic mass is 32.2. The molecule has 1 saturated heterocycles. The Labute approximate surface area is 84.4 Å². The van der Waals surface area contributed by atoms with Crippen molar-refractivity contribution >= 4 is 20.0 Å². The minimum Gasteiger partial charge on any atom is -0.229 e. The molecule has 0 spiro atoms. The summed E-state index contributed by atoms with van der Waals surface area (Å²) in [5.74, 6) is -0.0340. The van der Waals surface area contributed by atoms with Crippen molar-refractivity contribution in [1.82, 2.24) is 9.03 Å². The summed E-state index contributed by atoms with van der Waals surface area (Å²) < 4.78 is 48.1. The maximum absolute atomic E-state index is 11.3. The normalized spacial score (nSPS) is 26.9. The van der Waals surface area contributed by atoms with Gasteiger partial charge in [-0.15, -0.1) is 0 Å². The molecule has 1 fully saturated rings. The van der Waals surface area contributed by atoms with Crippen LogP contribution >= 0.6 is 0 Å². The standard InChI is InChI=1S/C6H14N2O4S2/c1-8(2)14(11,12)7-6-3-4-13(9,10)5-6/h6-7H,3-5H2,1-2H3. The third-order valence-corrected chi connectivity index (χ3v) is 5.39. The van der Waals surface area contributed by atoms with Crippen LogP contribution in [-0.4, -0.2) is 52.8 Å². The van der Waals surface area contributed by atoms with Crippen molar-refractivity contribution in [2.45, 2.75) is 12.5 Å². The van der Waals surface area contributed by atoms with Crippen molar-refractivity contribution in [1.29, 1.82) is 0 Å². The van der Waals surface area contributed by atoms with Gasteiger partial charge in [0.25, 0.3) is 10.2 Å². The van der Waals surface area contributed by atoms with Crippen LogP contribution in [0.15, 0.2) is 0 Å². The summed E-state index contributed by atoms with van der Waals surface area (Å²) in [4.78, 5) is 0. The van der Waals surface area contributed by atoms with E-state index in [1.165, 1.54) is 14.1 Å². The molecule has 0 aromatic carbocycles. The molecule has 84 valence electrons. The zero-order valence-corrected chi connectivity index (χ0v) is 9.73. The number of sulfone groups is 1. The van der Waals surface area contributed by atoms with Gasteiger partial charge in [-0.3, -0.25) is 0 Å². The second-order valence-electron chi connectivity index (χ2n) is 3.51. The van der Waals surface area contributed by atoms with Crippen LogP contribution in [0.25, 0.3) is 0 Å². The summed E-state index contributed by atoms with van der Waals surface area (Å²) in [6.45, 7) is 0. The number of rotatable bonds is 3. The van der Waals surface area contributed by atoms with Gasteiger partial charge in [0.1, 0.15) is 0 Å². The summed E-state index contributed by atoms with van der Waals surface area (Å²) in [7, 11) is -3.76. The van der Waals surface area contributed by atoms with Crippen molar-refractivity contribution in [3.63, 3.8) is 0 Å². The Balaban J connectivity index is 2.65. The third kappa shape index (κ3) is 2.91. The zero-order chi connectivity index (χ0) is 11.0. The monoisotopic (exact) mass is 242 g/mol. The van der Waals surface area contributed by atoms with Gasteiger partial charge in [0, 0.05) is 20.1 Å². The Morgan fingerprint density at radius 3 is 2.29 bits per heavy atom. The Morgan fingerprint density at radius 1 is 1.36 bits per heavy atom. The van der Waals surface area contributed by atoms with Crippen molar-refractivity contribution in [3.8, 4) is 0 Å². The van der Waals surface area contributed by atoms with Gasteiger partial charge in [0.15, 0.2) is 9.84 Å². The van der Waals surface area contributed by atoms with E-state index in [0.29, 0.717) is 6.42 Å². The van der Waals surface area contributed by atoms with Gasteiger partial charge < -0.3 is 0 Å². The van der Waals surface area contributed by atoms with E-state index in [2.05, 4.69) is 4.72 Å². The fourth-order valence-corrected chi connectivity index (χ4v) is 3.82. The first kappa shape index (κ1) is 11.9. The second kappa shape index (κ2) is 3.76. The molecular weight excluding hydrogens is 228 g/mol. The van der Waals surface area contributed by atoms with Crippen LogP contribution < -0.4 is 4.72 Å². The summed E-state index contributed by atoms with van der Waals surface area (Å²) in [6, 6.07) is -0.479. The highest BCUT2D eigenvalue weighted by Crippen LogP contribution is 2.12. The fourth-order valence-electron chi connectivity index (χ4n) is 1.20. The highest BCUT2D eigenvalue weighted by molar-refractivity contribution is 7.91. The SMILES string of the molecule is CN(C)S(=O)(=O)NC1CCS(=O)(=O)C1. The van der Waals surface area contributed by atoms with E-state index in [1.807, 2.05) is 0 Å². The number of nitrogens with zero attached hydrogens (tertiary/aromatic N) is 1. The molecule has 1 N–H and O–H groups in total. The zero-order valence-electron chi connectivity index (χ0n) is 8.10. The lowest BCUT2D eigenvalue weighted by Gasteiger charge is -2.15. The maximum Gasteiger partial charge on any atom is 0.279 e. The van der Waals surface area contributed by atoms with Crippen molar-refractivity contribution in [3.05, 3.63) is 0 Å². The summed E-state index contributed by atoms with van der Waals surface area (Å²) in [6.07, 6.45) is 0.357. The molecule has 6 nitrogen and oxygen atoms in total. The Morgan fingerprint density at radius 2 is 1.93 bits per heavy atom. The average Bonchev–Trinajstić information content (AvgIpc) is 2.28. The van der Waals surface area contributed by atoms with E-state index in [1.54, 1.807) is 0 Å². The molecule has 0 aromatic rings. The average molecular weight is 242 g/mol. The topological polar surface area (TPSA) is 83.6 Å². The molecule has 1 rings (SSSR count). The molecule has 8 heteroatoms. The van der Waals surface area contributed by atoms with E-state index in [9.17, 15) is 16.8 Å². The minimum atomic E-state index is -3.51. The van der Waals surface area contributed by atoms with E-state index in [-0.39, 0.29) is 11.5 Å². The third-order valence-electron chi connectivity index (χ3n) is 2.03. The fraction of sp³-hybridized carbons (Fsp3) is 1.00. The number of hydrogen-bond donors (Lipinski definition) is 1. The summed E-state index contributed by atoms with van der Waals surface area (Å²) >= 11 is 0. The van der Waals surface area contributed by atoms with E-state index >= 15 is 0 Å². The molecule has 14 heavy (non-hydrogen) atoms. The van der Waals surface area contributed by atoms with Gasteiger partial charge >= 0.3 is 0 Å². The van der Waals surface area contributed by atoms with Crippen LogP contribution in [0.1, 0.15) is 6.42 Å². The van der Waals surface area contributed by atoms with E-state index < -0.39 is 26.1 Å². The predicted octanol–water partition coefficient (Wildman–Crippen LogP) is -1.43. The van der Waals surface area contributed by atoms with Crippen LogP contribution in [0, 0.1) is 0 Å². The number of hydrogen-bond acceptors (Lipinski definition) is 4. The molecule has 1 atom stereocenters. The molecule has 0 bridgehead atoms. The van der Waals surface area contributed by atoms with Crippen LogP contribution in [0.5, 0.6) is 0 Å². The van der Waals surface area contributed by atoms with Crippen LogP contribution in [-0.2, 0) is 20.0 Å². The van der Waals surface area contributed by atoms with Crippen LogP contribution in [0.3, 0.4) is 0 Å². The van der Waals surface area contributed by atoms with Crippen molar-refractivity contribution in [2.24, 2.45) is 0 Å². The second-order valence-corrected chi connectivity index (χ2v) is 7.65. The first-order valence-corrected chi connectivity index (χ1v) is 7.39. The maximum atomic E-state index is 11.3. The lowest BCUT2D eigenvalue weighted by atomic mass is 10.3. The molecule has 1 aliphatic rings. The summed E-state index contributed by atoms with van der Waals surface area (Å²) in [5.41, 5.74) is 0. The van der Waals surface area contributed by atoms with E-state index in [4.69, 9.17) is 0 Å². The smallest absolute Gasteiger partial charge is 0.229 e. The van der Waals surface area contributed by atoms with Crippen LogP contribution in [0.4, 0.5) is 0 Å². The molecular formula is C6H14N2O4S2. The Hall–Kier alpha value is -0.180. The van der Waals surface area contributed by atoms with Gasteiger partial charge in [-0.2, -0.15) is 17.4 Å². The van der Waals surface area contributed by atoms with Crippen molar-refractivity contribution in [2.75, 3.05) is 25.6 Å². The molecule has 1 aliphatic heterocycles. The molecule has 0 saturated carbocycles.